The van der Waals surface area contributed by atoms with Crippen molar-refractivity contribution in [2.45, 2.75) is 70.5 Å². The molecule has 0 unspecified atom stereocenters. The summed E-state index contributed by atoms with van der Waals surface area (Å²) >= 11 is 0. The van der Waals surface area contributed by atoms with Gasteiger partial charge in [0.1, 0.15) is 0 Å². The Morgan fingerprint density at radius 2 is 1.84 bits per heavy atom. The number of likely N-dealkylation sites (tertiary alicyclic amines) is 3. The number of carbonyl (C=O) groups excluding carboxylic acids is 1. The largest absolute Gasteiger partial charge is 0.356 e. The van der Waals surface area contributed by atoms with Gasteiger partial charge in [0, 0.05) is 49.9 Å². The van der Waals surface area contributed by atoms with Crippen molar-refractivity contribution in [2.75, 3.05) is 46.3 Å². The van der Waals surface area contributed by atoms with Gasteiger partial charge in [-0.15, -0.1) is 0 Å². The van der Waals surface area contributed by atoms with Crippen LogP contribution in [0.15, 0.2) is 18.2 Å². The Hall–Kier alpha value is -1.50. The number of hydrogen-bond donors (Lipinski definition) is 1. The van der Waals surface area contributed by atoms with Gasteiger partial charge in [0.2, 0.25) is 5.91 Å². The Labute approximate surface area is 188 Å². The topological polar surface area (TPSA) is 51.7 Å². The van der Waals surface area contributed by atoms with Crippen LogP contribution in [0.2, 0.25) is 0 Å². The molecule has 3 aliphatic rings. The number of rotatable bonds is 7. The third-order valence-corrected chi connectivity index (χ3v) is 7.75. The van der Waals surface area contributed by atoms with Gasteiger partial charge in [-0.2, -0.15) is 0 Å². The molecule has 1 N–H and O–H groups in total. The number of aryl methyl sites for hydroxylation is 1. The van der Waals surface area contributed by atoms with E-state index in [9.17, 15) is 4.79 Å². The van der Waals surface area contributed by atoms with Crippen molar-refractivity contribution >= 4 is 5.91 Å². The third-order valence-electron chi connectivity index (χ3n) is 7.75. The molecule has 3 saturated heterocycles. The van der Waals surface area contributed by atoms with Crippen molar-refractivity contribution in [1.29, 1.82) is 0 Å². The number of carbonyl (C=O) groups is 1. The van der Waals surface area contributed by atoms with Crippen LogP contribution >= 0.6 is 0 Å². The summed E-state index contributed by atoms with van der Waals surface area (Å²) in [5.74, 6) is 0.505. The van der Waals surface area contributed by atoms with E-state index in [2.05, 4.69) is 57.2 Å². The van der Waals surface area contributed by atoms with Gasteiger partial charge >= 0.3 is 0 Å². The SMILES string of the molecule is Cc1cccc(CN2CCC(N3CCC(C(=O)NCC[C@@H]4CCCN4C)CC3)CC2)n1. The first-order valence-electron chi connectivity index (χ1n) is 12.5. The van der Waals surface area contributed by atoms with E-state index < -0.39 is 0 Å². The number of amides is 1. The van der Waals surface area contributed by atoms with Crippen LogP contribution < -0.4 is 5.32 Å². The van der Waals surface area contributed by atoms with E-state index in [-0.39, 0.29) is 5.92 Å². The monoisotopic (exact) mass is 427 g/mol. The molecule has 0 spiro atoms. The minimum atomic E-state index is 0.213. The van der Waals surface area contributed by atoms with Gasteiger partial charge in [0.25, 0.3) is 0 Å². The molecule has 172 valence electrons. The highest BCUT2D eigenvalue weighted by molar-refractivity contribution is 5.78. The normalized spacial score (nSPS) is 25.2. The van der Waals surface area contributed by atoms with Gasteiger partial charge in [0.15, 0.2) is 0 Å². The van der Waals surface area contributed by atoms with Crippen molar-refractivity contribution in [2.24, 2.45) is 5.92 Å². The lowest BCUT2D eigenvalue weighted by atomic mass is 9.92. The molecule has 0 aromatic carbocycles. The van der Waals surface area contributed by atoms with Crippen molar-refractivity contribution < 1.29 is 4.79 Å². The predicted octanol–water partition coefficient (Wildman–Crippen LogP) is 2.67. The van der Waals surface area contributed by atoms with E-state index in [1.165, 1.54) is 37.9 Å². The number of nitrogens with one attached hydrogen (secondary N) is 1. The highest BCUT2D eigenvalue weighted by Crippen LogP contribution is 2.25. The second-order valence-electron chi connectivity index (χ2n) is 9.94. The van der Waals surface area contributed by atoms with E-state index >= 15 is 0 Å². The molecule has 0 bridgehead atoms. The highest BCUT2D eigenvalue weighted by atomic mass is 16.1. The first-order chi connectivity index (χ1) is 15.1. The summed E-state index contributed by atoms with van der Waals surface area (Å²) in [7, 11) is 2.21. The fourth-order valence-corrected chi connectivity index (χ4v) is 5.74. The zero-order valence-electron chi connectivity index (χ0n) is 19.6. The summed E-state index contributed by atoms with van der Waals surface area (Å²) in [4.78, 5) is 24.9. The lowest BCUT2D eigenvalue weighted by molar-refractivity contribution is -0.126. The molecule has 0 saturated carbocycles. The fourth-order valence-electron chi connectivity index (χ4n) is 5.74. The molecule has 31 heavy (non-hydrogen) atoms. The Bertz CT molecular complexity index is 710. The molecule has 0 aliphatic carbocycles. The molecule has 3 fully saturated rings. The van der Waals surface area contributed by atoms with Gasteiger partial charge in [-0.3, -0.25) is 14.7 Å². The van der Waals surface area contributed by atoms with Crippen LogP contribution in [-0.2, 0) is 11.3 Å². The molecule has 1 aromatic heterocycles. The maximum absolute atomic E-state index is 12.6. The van der Waals surface area contributed by atoms with Gasteiger partial charge in [0.05, 0.1) is 5.69 Å². The molecule has 1 aromatic rings. The summed E-state index contributed by atoms with van der Waals surface area (Å²) in [5.41, 5.74) is 2.29. The van der Waals surface area contributed by atoms with Gasteiger partial charge in [-0.05, 0) is 90.7 Å². The fraction of sp³-hybridized carbons (Fsp3) is 0.760. The second kappa shape index (κ2) is 10.9. The summed E-state index contributed by atoms with van der Waals surface area (Å²) in [6, 6.07) is 7.66. The Morgan fingerprint density at radius 1 is 1.06 bits per heavy atom. The number of nitrogens with zero attached hydrogens (tertiary/aromatic N) is 4. The Kier molecular flexibility index (Phi) is 7.96. The van der Waals surface area contributed by atoms with Crippen molar-refractivity contribution in [3.63, 3.8) is 0 Å². The predicted molar refractivity (Wildman–Crippen MR) is 125 cm³/mol. The molecule has 3 aliphatic heterocycles. The van der Waals surface area contributed by atoms with Gasteiger partial charge < -0.3 is 15.1 Å². The van der Waals surface area contributed by atoms with Crippen LogP contribution in [0.25, 0.3) is 0 Å². The lowest BCUT2D eigenvalue weighted by Gasteiger charge is -2.41. The second-order valence-corrected chi connectivity index (χ2v) is 9.94. The van der Waals surface area contributed by atoms with Crippen LogP contribution in [-0.4, -0.2) is 84.0 Å². The van der Waals surface area contributed by atoms with Crippen LogP contribution in [0.1, 0.15) is 56.3 Å². The molecule has 4 rings (SSSR count). The zero-order chi connectivity index (χ0) is 21.6. The van der Waals surface area contributed by atoms with Crippen LogP contribution in [0.4, 0.5) is 0 Å². The average Bonchev–Trinajstić information content (AvgIpc) is 3.19. The quantitative estimate of drug-likeness (QED) is 0.725. The van der Waals surface area contributed by atoms with E-state index in [0.29, 0.717) is 18.0 Å². The smallest absolute Gasteiger partial charge is 0.223 e. The number of piperidine rings is 2. The minimum Gasteiger partial charge on any atom is -0.356 e. The Morgan fingerprint density at radius 3 is 2.52 bits per heavy atom. The maximum atomic E-state index is 12.6. The van der Waals surface area contributed by atoms with Crippen molar-refractivity contribution in [1.82, 2.24) is 25.0 Å². The van der Waals surface area contributed by atoms with Gasteiger partial charge in [-0.25, -0.2) is 0 Å². The average molecular weight is 428 g/mol. The molecule has 4 heterocycles. The van der Waals surface area contributed by atoms with E-state index in [4.69, 9.17) is 0 Å². The van der Waals surface area contributed by atoms with Crippen molar-refractivity contribution in [3.05, 3.63) is 29.6 Å². The highest BCUT2D eigenvalue weighted by Gasteiger charge is 2.31. The van der Waals surface area contributed by atoms with Crippen molar-refractivity contribution in [3.8, 4) is 0 Å². The van der Waals surface area contributed by atoms with Gasteiger partial charge in [-0.1, -0.05) is 6.07 Å². The first kappa shape index (κ1) is 22.7. The first-order valence-corrected chi connectivity index (χ1v) is 12.5. The van der Waals surface area contributed by atoms with Crippen LogP contribution in [0.3, 0.4) is 0 Å². The molecule has 1 amide bonds. The zero-order valence-corrected chi connectivity index (χ0v) is 19.6. The number of hydrogen-bond acceptors (Lipinski definition) is 5. The lowest BCUT2D eigenvalue weighted by Crippen LogP contribution is -2.49. The summed E-state index contributed by atoms with van der Waals surface area (Å²) in [6.45, 7) is 9.52. The maximum Gasteiger partial charge on any atom is 0.223 e. The number of pyridine rings is 1. The standard InChI is InChI=1S/C25H41N5O/c1-20-5-3-6-22(27-20)19-29-15-11-24(12-16-29)30-17-9-21(10-18-30)25(31)26-13-8-23-7-4-14-28(23)2/h3,5-6,21,23-24H,4,7-19H2,1-2H3,(H,26,31)/t23-/m0/s1. The summed E-state index contributed by atoms with van der Waals surface area (Å²) < 4.78 is 0. The minimum absolute atomic E-state index is 0.213. The van der Waals surface area contributed by atoms with Crippen LogP contribution in [0, 0.1) is 12.8 Å². The number of aromatic nitrogens is 1. The van der Waals surface area contributed by atoms with E-state index in [0.717, 1.165) is 64.2 Å². The summed E-state index contributed by atoms with van der Waals surface area (Å²) in [5, 5.41) is 3.23. The van der Waals surface area contributed by atoms with E-state index in [1.54, 1.807) is 0 Å². The molecular weight excluding hydrogens is 386 g/mol. The Balaban J connectivity index is 1.13. The van der Waals surface area contributed by atoms with Crippen LogP contribution in [0.5, 0.6) is 0 Å². The van der Waals surface area contributed by atoms with E-state index in [1.807, 2.05) is 0 Å². The molecule has 6 nitrogen and oxygen atoms in total. The molecule has 0 radical (unpaired) electrons. The molecular formula is C25H41N5O. The third kappa shape index (κ3) is 6.27. The molecule has 1 atom stereocenters. The summed E-state index contributed by atoms with van der Waals surface area (Å²) in [6.07, 6.45) is 8.18. The molecule has 6 heteroatoms.